The quantitative estimate of drug-likeness (QED) is 0.763. The number of hydrogen-bond donors (Lipinski definition) is 0. The van der Waals surface area contributed by atoms with Crippen LogP contribution >= 0.6 is 0 Å². The third-order valence-corrected chi connectivity index (χ3v) is 7.76. The number of rotatable bonds is 4. The molecule has 0 N–H and O–H groups in total. The second kappa shape index (κ2) is 7.65. The lowest BCUT2D eigenvalue weighted by Crippen LogP contribution is -2.68. The average Bonchev–Trinajstić information content (AvgIpc) is 3.35. The molecule has 0 radical (unpaired) electrons. The standard InChI is InChI=1S/C24H33N3O3/c1-23(9-10-23)22(29)25-12-7-20(8-13-25)27-16-21(28)26(15-19-5-3-2-4-6-19)17-24(27)11-14-30-18-24/h2-6,20H,7-18H2,1H3. The molecule has 4 aliphatic rings. The fourth-order valence-electron chi connectivity index (χ4n) is 5.52. The van der Waals surface area contributed by atoms with Gasteiger partial charge < -0.3 is 14.5 Å². The minimum absolute atomic E-state index is 0.0813. The summed E-state index contributed by atoms with van der Waals surface area (Å²) in [4.78, 5) is 32.3. The van der Waals surface area contributed by atoms with Gasteiger partial charge in [0.25, 0.3) is 0 Å². The van der Waals surface area contributed by atoms with Gasteiger partial charge in [-0.25, -0.2) is 0 Å². The van der Waals surface area contributed by atoms with Gasteiger partial charge in [-0.3, -0.25) is 14.5 Å². The van der Waals surface area contributed by atoms with Crippen molar-refractivity contribution in [2.24, 2.45) is 5.41 Å². The number of benzene rings is 1. The van der Waals surface area contributed by atoms with E-state index in [1.54, 1.807) is 0 Å². The number of piperidine rings is 1. The largest absolute Gasteiger partial charge is 0.379 e. The molecule has 0 bridgehead atoms. The molecule has 1 aliphatic carbocycles. The van der Waals surface area contributed by atoms with Crippen LogP contribution in [-0.2, 0) is 20.9 Å². The third-order valence-electron chi connectivity index (χ3n) is 7.76. The topological polar surface area (TPSA) is 53.1 Å². The first-order valence-corrected chi connectivity index (χ1v) is 11.4. The first-order chi connectivity index (χ1) is 14.5. The van der Waals surface area contributed by atoms with Crippen LogP contribution in [0.1, 0.15) is 44.6 Å². The van der Waals surface area contributed by atoms with Gasteiger partial charge in [-0.2, -0.15) is 0 Å². The highest BCUT2D eigenvalue weighted by Crippen LogP contribution is 2.47. The van der Waals surface area contributed by atoms with Crippen molar-refractivity contribution in [3.63, 3.8) is 0 Å². The maximum atomic E-state index is 13.1. The van der Waals surface area contributed by atoms with Crippen molar-refractivity contribution in [3.05, 3.63) is 35.9 Å². The third kappa shape index (κ3) is 3.65. The predicted octanol–water partition coefficient (Wildman–Crippen LogP) is 2.28. The van der Waals surface area contributed by atoms with Gasteiger partial charge in [0.1, 0.15) is 0 Å². The first kappa shape index (κ1) is 20.0. The van der Waals surface area contributed by atoms with E-state index in [-0.39, 0.29) is 16.9 Å². The molecular formula is C24H33N3O3. The molecule has 6 heteroatoms. The van der Waals surface area contributed by atoms with E-state index in [2.05, 4.69) is 28.9 Å². The lowest BCUT2D eigenvalue weighted by Gasteiger charge is -2.52. The van der Waals surface area contributed by atoms with Crippen LogP contribution in [0.2, 0.25) is 0 Å². The number of hydrogen-bond acceptors (Lipinski definition) is 4. The molecule has 2 amide bonds. The Morgan fingerprint density at radius 2 is 1.87 bits per heavy atom. The number of carbonyl (C=O) groups excluding carboxylic acids is 2. The Morgan fingerprint density at radius 3 is 2.50 bits per heavy atom. The molecule has 1 unspecified atom stereocenters. The highest BCUT2D eigenvalue weighted by Gasteiger charge is 2.51. The van der Waals surface area contributed by atoms with E-state index in [0.717, 1.165) is 58.3 Å². The van der Waals surface area contributed by atoms with Crippen LogP contribution in [0.4, 0.5) is 0 Å². The Labute approximate surface area is 179 Å². The minimum atomic E-state index is -0.0909. The summed E-state index contributed by atoms with van der Waals surface area (Å²) in [6, 6.07) is 10.6. The molecule has 3 saturated heterocycles. The number of nitrogens with zero attached hydrogens (tertiary/aromatic N) is 3. The van der Waals surface area contributed by atoms with Crippen molar-refractivity contribution >= 4 is 11.8 Å². The minimum Gasteiger partial charge on any atom is -0.379 e. The number of amides is 2. The Bertz CT molecular complexity index is 793. The van der Waals surface area contributed by atoms with E-state index in [4.69, 9.17) is 4.74 Å². The van der Waals surface area contributed by atoms with Crippen molar-refractivity contribution in [1.29, 1.82) is 0 Å². The summed E-state index contributed by atoms with van der Waals surface area (Å²) in [5.74, 6) is 0.545. The molecule has 4 fully saturated rings. The van der Waals surface area contributed by atoms with Gasteiger partial charge >= 0.3 is 0 Å². The van der Waals surface area contributed by atoms with Crippen molar-refractivity contribution < 1.29 is 14.3 Å². The lowest BCUT2D eigenvalue weighted by atomic mass is 9.87. The van der Waals surface area contributed by atoms with Gasteiger partial charge in [0, 0.05) is 44.2 Å². The van der Waals surface area contributed by atoms with Gasteiger partial charge in [-0.05, 0) is 37.7 Å². The maximum absolute atomic E-state index is 13.1. The summed E-state index contributed by atoms with van der Waals surface area (Å²) in [7, 11) is 0. The summed E-state index contributed by atoms with van der Waals surface area (Å²) in [6.07, 6.45) is 4.95. The van der Waals surface area contributed by atoms with Gasteiger partial charge in [0.15, 0.2) is 0 Å². The normalized spacial score (nSPS) is 29.6. The van der Waals surface area contributed by atoms with Gasteiger partial charge in [0.05, 0.1) is 18.7 Å². The summed E-state index contributed by atoms with van der Waals surface area (Å²) in [6.45, 7) is 7.05. The second-order valence-corrected chi connectivity index (χ2v) is 9.97. The number of likely N-dealkylation sites (tertiary alicyclic amines) is 1. The van der Waals surface area contributed by atoms with Crippen molar-refractivity contribution in [1.82, 2.24) is 14.7 Å². The Kier molecular flexibility index (Phi) is 5.10. The Hall–Kier alpha value is -1.92. The zero-order valence-corrected chi connectivity index (χ0v) is 18.0. The van der Waals surface area contributed by atoms with Crippen molar-refractivity contribution in [2.75, 3.05) is 39.4 Å². The fraction of sp³-hybridized carbons (Fsp3) is 0.667. The summed E-state index contributed by atoms with van der Waals surface area (Å²) < 4.78 is 5.86. The molecule has 0 aromatic heterocycles. The summed E-state index contributed by atoms with van der Waals surface area (Å²) in [5, 5.41) is 0. The monoisotopic (exact) mass is 411 g/mol. The summed E-state index contributed by atoms with van der Waals surface area (Å²) >= 11 is 0. The molecule has 1 atom stereocenters. The van der Waals surface area contributed by atoms with Crippen molar-refractivity contribution in [2.45, 2.75) is 57.2 Å². The molecule has 1 spiro atoms. The molecule has 1 aromatic rings. The van der Waals surface area contributed by atoms with Gasteiger partial charge in [-0.1, -0.05) is 37.3 Å². The molecule has 3 aliphatic heterocycles. The van der Waals surface area contributed by atoms with Crippen LogP contribution in [0.5, 0.6) is 0 Å². The predicted molar refractivity (Wildman–Crippen MR) is 114 cm³/mol. The smallest absolute Gasteiger partial charge is 0.237 e. The lowest BCUT2D eigenvalue weighted by molar-refractivity contribution is -0.150. The number of piperazine rings is 1. The highest BCUT2D eigenvalue weighted by atomic mass is 16.5. The van der Waals surface area contributed by atoms with E-state index in [0.29, 0.717) is 31.6 Å². The van der Waals surface area contributed by atoms with Crippen LogP contribution < -0.4 is 0 Å². The van der Waals surface area contributed by atoms with Crippen LogP contribution in [0.25, 0.3) is 0 Å². The van der Waals surface area contributed by atoms with Crippen LogP contribution in [-0.4, -0.2) is 77.5 Å². The molecule has 3 heterocycles. The molecule has 162 valence electrons. The SMILES string of the molecule is CC1(C(=O)N2CCC(N3CC(=O)N(Cc4ccccc4)CC34CCOC4)CC2)CC1. The van der Waals surface area contributed by atoms with E-state index in [1.165, 1.54) is 5.56 Å². The summed E-state index contributed by atoms with van der Waals surface area (Å²) in [5.41, 5.74) is 1.00. The molecule has 30 heavy (non-hydrogen) atoms. The molecule has 1 saturated carbocycles. The number of carbonyl (C=O) groups is 2. The molecular weight excluding hydrogens is 378 g/mol. The van der Waals surface area contributed by atoms with Crippen LogP contribution in [0.3, 0.4) is 0 Å². The Morgan fingerprint density at radius 1 is 1.13 bits per heavy atom. The van der Waals surface area contributed by atoms with E-state index < -0.39 is 0 Å². The average molecular weight is 412 g/mol. The van der Waals surface area contributed by atoms with Gasteiger partial charge in [0.2, 0.25) is 11.8 Å². The molecule has 1 aromatic carbocycles. The Balaban J connectivity index is 1.27. The van der Waals surface area contributed by atoms with Crippen LogP contribution in [0, 0.1) is 5.41 Å². The van der Waals surface area contributed by atoms with Crippen LogP contribution in [0.15, 0.2) is 30.3 Å². The molecule has 5 rings (SSSR count). The second-order valence-electron chi connectivity index (χ2n) is 9.97. The first-order valence-electron chi connectivity index (χ1n) is 11.4. The van der Waals surface area contributed by atoms with Gasteiger partial charge in [-0.15, -0.1) is 0 Å². The zero-order chi connectivity index (χ0) is 20.8. The highest BCUT2D eigenvalue weighted by molar-refractivity contribution is 5.85. The van der Waals surface area contributed by atoms with Crippen molar-refractivity contribution in [3.8, 4) is 0 Å². The van der Waals surface area contributed by atoms with E-state index >= 15 is 0 Å². The molecule has 6 nitrogen and oxygen atoms in total. The maximum Gasteiger partial charge on any atom is 0.237 e. The van der Waals surface area contributed by atoms with E-state index in [1.807, 2.05) is 23.1 Å². The number of ether oxygens (including phenoxy) is 1. The van der Waals surface area contributed by atoms with E-state index in [9.17, 15) is 9.59 Å². The fourth-order valence-corrected chi connectivity index (χ4v) is 5.52. The zero-order valence-electron chi connectivity index (χ0n) is 18.0.